The molecule has 1 aromatic heterocycles. The van der Waals surface area contributed by atoms with E-state index in [1.807, 2.05) is 6.20 Å². The molecule has 0 atom stereocenters. The van der Waals surface area contributed by atoms with E-state index in [1.165, 1.54) is 18.5 Å². The van der Waals surface area contributed by atoms with Crippen molar-refractivity contribution in [1.29, 1.82) is 0 Å². The van der Waals surface area contributed by atoms with E-state index in [0.717, 1.165) is 49.6 Å². The molecule has 1 aromatic rings. The second-order valence-corrected chi connectivity index (χ2v) is 6.16. The predicted octanol–water partition coefficient (Wildman–Crippen LogP) is 2.49. The highest BCUT2D eigenvalue weighted by Gasteiger charge is 2.19. The zero-order valence-electron chi connectivity index (χ0n) is 12.5. The largest absolute Gasteiger partial charge is 0.354 e. The van der Waals surface area contributed by atoms with E-state index in [1.54, 1.807) is 0 Å². The number of halogens is 1. The number of hydrogen-bond acceptors (Lipinski definition) is 4. The summed E-state index contributed by atoms with van der Waals surface area (Å²) in [5.41, 5.74) is 1.28. The van der Waals surface area contributed by atoms with E-state index < -0.39 is 0 Å². The van der Waals surface area contributed by atoms with Gasteiger partial charge < -0.3 is 10.2 Å². The average Bonchev–Trinajstić information content (AvgIpc) is 2.47. The lowest BCUT2D eigenvalue weighted by Gasteiger charge is -2.36. The van der Waals surface area contributed by atoms with Crippen LogP contribution in [0.2, 0.25) is 0 Å². The van der Waals surface area contributed by atoms with Crippen LogP contribution in [0.25, 0.3) is 0 Å². The van der Waals surface area contributed by atoms with Crippen LogP contribution in [0.3, 0.4) is 0 Å². The summed E-state index contributed by atoms with van der Waals surface area (Å²) in [4.78, 5) is 9.61. The molecular formula is C15H25BrN4. The molecule has 0 amide bonds. The van der Waals surface area contributed by atoms with E-state index in [2.05, 4.69) is 55.9 Å². The van der Waals surface area contributed by atoms with Crippen LogP contribution >= 0.6 is 15.9 Å². The van der Waals surface area contributed by atoms with Crippen molar-refractivity contribution >= 4 is 21.7 Å². The Morgan fingerprint density at radius 1 is 1.25 bits per heavy atom. The molecule has 4 nitrogen and oxygen atoms in total. The van der Waals surface area contributed by atoms with Crippen molar-refractivity contribution in [3.05, 3.63) is 22.3 Å². The van der Waals surface area contributed by atoms with Gasteiger partial charge in [-0.15, -0.1) is 0 Å². The Bertz CT molecular complexity index is 416. The van der Waals surface area contributed by atoms with E-state index in [9.17, 15) is 0 Å². The van der Waals surface area contributed by atoms with Gasteiger partial charge in [0.05, 0.1) is 0 Å². The molecule has 1 saturated heterocycles. The van der Waals surface area contributed by atoms with Gasteiger partial charge in [0.25, 0.3) is 0 Å². The average molecular weight is 341 g/mol. The summed E-state index contributed by atoms with van der Waals surface area (Å²) in [5, 5.41) is 3.40. The maximum Gasteiger partial charge on any atom is 0.133 e. The van der Waals surface area contributed by atoms with Gasteiger partial charge in [-0.05, 0) is 41.5 Å². The van der Waals surface area contributed by atoms with E-state index in [0.29, 0.717) is 0 Å². The summed E-state index contributed by atoms with van der Waals surface area (Å²) in [6.07, 6.45) is 3.14. The quantitative estimate of drug-likeness (QED) is 0.861. The first kappa shape index (κ1) is 15.7. The van der Waals surface area contributed by atoms with Crippen molar-refractivity contribution < 1.29 is 0 Å². The first-order chi connectivity index (χ1) is 9.74. The maximum absolute atomic E-state index is 4.65. The van der Waals surface area contributed by atoms with Crippen LogP contribution in [0.15, 0.2) is 16.7 Å². The lowest BCUT2D eigenvalue weighted by Crippen LogP contribution is -2.47. The molecule has 0 bridgehead atoms. The van der Waals surface area contributed by atoms with Crippen LogP contribution in [0.4, 0.5) is 5.82 Å². The zero-order chi connectivity index (χ0) is 14.4. The Hall–Kier alpha value is -0.650. The maximum atomic E-state index is 4.65. The van der Waals surface area contributed by atoms with Crippen molar-refractivity contribution in [2.75, 3.05) is 44.2 Å². The Balaban J connectivity index is 2.04. The van der Waals surface area contributed by atoms with Gasteiger partial charge in [0.15, 0.2) is 0 Å². The van der Waals surface area contributed by atoms with Gasteiger partial charge in [-0.25, -0.2) is 4.98 Å². The fraction of sp³-hybridized carbons (Fsp3) is 0.667. The van der Waals surface area contributed by atoms with E-state index >= 15 is 0 Å². The molecule has 20 heavy (non-hydrogen) atoms. The minimum absolute atomic E-state index is 0.882. The standard InChI is InChI=1S/C15H25BrN4/c1-3-5-19-6-8-20(9-7-19)15-13(11-17-4-2)10-14(16)12-18-15/h10,12,17H,3-9,11H2,1-2H3. The number of nitrogens with zero attached hydrogens (tertiary/aromatic N) is 3. The van der Waals surface area contributed by atoms with Gasteiger partial charge in [0.1, 0.15) is 5.82 Å². The van der Waals surface area contributed by atoms with Crippen LogP contribution in [0, 0.1) is 0 Å². The summed E-state index contributed by atoms with van der Waals surface area (Å²) in [5.74, 6) is 1.14. The molecule has 5 heteroatoms. The van der Waals surface area contributed by atoms with Crippen LogP contribution in [0.1, 0.15) is 25.8 Å². The summed E-state index contributed by atoms with van der Waals surface area (Å²) in [6.45, 7) is 11.9. The SMILES string of the molecule is CCCN1CCN(c2ncc(Br)cc2CNCC)CC1. The van der Waals surface area contributed by atoms with Crippen molar-refractivity contribution in [3.63, 3.8) is 0 Å². The number of hydrogen-bond donors (Lipinski definition) is 1. The van der Waals surface area contributed by atoms with Crippen molar-refractivity contribution in [3.8, 4) is 0 Å². The molecule has 0 radical (unpaired) electrons. The van der Waals surface area contributed by atoms with Crippen molar-refractivity contribution in [1.82, 2.24) is 15.2 Å². The summed E-state index contributed by atoms with van der Waals surface area (Å²) in [7, 11) is 0. The summed E-state index contributed by atoms with van der Waals surface area (Å²) in [6, 6.07) is 2.18. The molecule has 2 rings (SSSR count). The second-order valence-electron chi connectivity index (χ2n) is 5.25. The second kappa shape index (κ2) is 7.96. The lowest BCUT2D eigenvalue weighted by molar-refractivity contribution is 0.258. The Labute approximate surface area is 130 Å². The molecule has 1 N–H and O–H groups in total. The molecule has 0 saturated carbocycles. The number of anilines is 1. The third kappa shape index (κ3) is 4.17. The van der Waals surface area contributed by atoms with Crippen molar-refractivity contribution in [2.24, 2.45) is 0 Å². The first-order valence-electron chi connectivity index (χ1n) is 7.57. The Morgan fingerprint density at radius 2 is 2.00 bits per heavy atom. The van der Waals surface area contributed by atoms with Gasteiger partial charge in [-0.3, -0.25) is 4.90 Å². The fourth-order valence-corrected chi connectivity index (χ4v) is 3.03. The highest BCUT2D eigenvalue weighted by atomic mass is 79.9. The van der Waals surface area contributed by atoms with Crippen LogP contribution in [-0.2, 0) is 6.54 Å². The third-order valence-electron chi connectivity index (χ3n) is 3.69. The van der Waals surface area contributed by atoms with Gasteiger partial charge in [0.2, 0.25) is 0 Å². The minimum atomic E-state index is 0.882. The van der Waals surface area contributed by atoms with Gasteiger partial charge in [0, 0.05) is 49.0 Å². The predicted molar refractivity (Wildman–Crippen MR) is 88.3 cm³/mol. The lowest BCUT2D eigenvalue weighted by atomic mass is 10.2. The van der Waals surface area contributed by atoms with E-state index in [-0.39, 0.29) is 0 Å². The molecule has 2 heterocycles. The normalized spacial score (nSPS) is 16.6. The highest BCUT2D eigenvalue weighted by Crippen LogP contribution is 2.22. The smallest absolute Gasteiger partial charge is 0.133 e. The number of piperazine rings is 1. The number of aromatic nitrogens is 1. The number of nitrogens with one attached hydrogen (secondary N) is 1. The van der Waals surface area contributed by atoms with E-state index in [4.69, 9.17) is 0 Å². The minimum Gasteiger partial charge on any atom is -0.354 e. The molecule has 1 aliphatic rings. The molecule has 0 aromatic carbocycles. The molecule has 1 aliphatic heterocycles. The molecule has 0 aliphatic carbocycles. The Morgan fingerprint density at radius 3 is 2.65 bits per heavy atom. The summed E-state index contributed by atoms with van der Waals surface area (Å²) < 4.78 is 1.05. The molecule has 0 spiro atoms. The third-order valence-corrected chi connectivity index (χ3v) is 4.12. The van der Waals surface area contributed by atoms with Crippen LogP contribution < -0.4 is 10.2 Å². The van der Waals surface area contributed by atoms with Gasteiger partial charge >= 0.3 is 0 Å². The number of rotatable bonds is 6. The monoisotopic (exact) mass is 340 g/mol. The van der Waals surface area contributed by atoms with Crippen molar-refractivity contribution in [2.45, 2.75) is 26.8 Å². The Kier molecular flexibility index (Phi) is 6.26. The molecule has 1 fully saturated rings. The molecule has 112 valence electrons. The number of pyridine rings is 1. The topological polar surface area (TPSA) is 31.4 Å². The van der Waals surface area contributed by atoms with Crippen LogP contribution in [0.5, 0.6) is 0 Å². The summed E-state index contributed by atoms with van der Waals surface area (Å²) >= 11 is 3.53. The molecule has 0 unspecified atom stereocenters. The van der Waals surface area contributed by atoms with Crippen LogP contribution in [-0.4, -0.2) is 49.2 Å². The highest BCUT2D eigenvalue weighted by molar-refractivity contribution is 9.10. The van der Waals surface area contributed by atoms with Gasteiger partial charge in [-0.1, -0.05) is 13.8 Å². The fourth-order valence-electron chi connectivity index (χ4n) is 2.65. The van der Waals surface area contributed by atoms with Gasteiger partial charge in [-0.2, -0.15) is 0 Å². The first-order valence-corrected chi connectivity index (χ1v) is 8.36. The zero-order valence-corrected chi connectivity index (χ0v) is 14.1. The molecular weight excluding hydrogens is 316 g/mol.